The summed E-state index contributed by atoms with van der Waals surface area (Å²) in [6.45, 7) is 17.5. The van der Waals surface area contributed by atoms with Crippen molar-refractivity contribution in [2.45, 2.75) is 104 Å². The predicted molar refractivity (Wildman–Crippen MR) is 117 cm³/mol. The Morgan fingerprint density at radius 1 is 0.964 bits per heavy atom. The SMILES string of the molecule is CC(CCC(C)(C)CNS(=O)(=O)C(C)(C)C)S(=O)(=O)N(CC1CC1)C(C)(C)C. The lowest BCUT2D eigenvalue weighted by atomic mass is 9.87. The number of rotatable bonds is 10. The summed E-state index contributed by atoms with van der Waals surface area (Å²) < 4.78 is 54.5. The minimum absolute atomic E-state index is 0.296. The Balaban J connectivity index is 2.75. The standard InChI is InChI=1S/C20H42N2O4S2/c1-16(27(23,24)22(18(2,3)4)14-17-10-11-17)12-13-20(8,9)15-21-28(25,26)19(5,6)7/h16-17,21H,10-15H2,1-9H3. The number of hydrogen-bond acceptors (Lipinski definition) is 4. The van der Waals surface area contributed by atoms with Crippen LogP contribution in [0.5, 0.6) is 0 Å². The molecule has 0 aromatic carbocycles. The molecule has 1 rings (SSSR count). The van der Waals surface area contributed by atoms with Crippen molar-refractivity contribution < 1.29 is 16.8 Å². The zero-order valence-corrected chi connectivity index (χ0v) is 20.9. The molecule has 168 valence electrons. The molecule has 1 unspecified atom stereocenters. The Hall–Kier alpha value is -0.180. The molecule has 6 nitrogen and oxygen atoms in total. The lowest BCUT2D eigenvalue weighted by molar-refractivity contribution is 0.237. The van der Waals surface area contributed by atoms with E-state index in [2.05, 4.69) is 4.72 Å². The van der Waals surface area contributed by atoms with Crippen LogP contribution < -0.4 is 4.72 Å². The maximum Gasteiger partial charge on any atom is 0.217 e. The summed E-state index contributed by atoms with van der Waals surface area (Å²) in [4.78, 5) is 0. The normalized spacial score (nSPS) is 18.5. The van der Waals surface area contributed by atoms with Crippen LogP contribution >= 0.6 is 0 Å². The van der Waals surface area contributed by atoms with Crippen molar-refractivity contribution >= 4 is 20.0 Å². The Morgan fingerprint density at radius 3 is 1.86 bits per heavy atom. The molecule has 1 aliphatic rings. The van der Waals surface area contributed by atoms with Crippen LogP contribution in [0, 0.1) is 11.3 Å². The summed E-state index contributed by atoms with van der Waals surface area (Å²) in [6.07, 6.45) is 3.35. The summed E-state index contributed by atoms with van der Waals surface area (Å²) in [5.74, 6) is 0.490. The zero-order valence-electron chi connectivity index (χ0n) is 19.3. The van der Waals surface area contributed by atoms with Gasteiger partial charge in [0.25, 0.3) is 0 Å². The molecular weight excluding hydrogens is 396 g/mol. The van der Waals surface area contributed by atoms with Crippen molar-refractivity contribution in [1.82, 2.24) is 9.03 Å². The summed E-state index contributed by atoms with van der Waals surface area (Å²) in [5, 5.41) is -0.496. The molecule has 1 aliphatic carbocycles. The van der Waals surface area contributed by atoms with Gasteiger partial charge in [-0.3, -0.25) is 0 Å². The van der Waals surface area contributed by atoms with Gasteiger partial charge in [0.1, 0.15) is 0 Å². The van der Waals surface area contributed by atoms with Gasteiger partial charge in [-0.1, -0.05) is 13.8 Å². The Kier molecular flexibility index (Phi) is 7.86. The maximum absolute atomic E-state index is 13.2. The molecule has 1 N–H and O–H groups in total. The average Bonchev–Trinajstić information content (AvgIpc) is 3.30. The van der Waals surface area contributed by atoms with Crippen LogP contribution in [0.2, 0.25) is 0 Å². The third kappa shape index (κ3) is 7.26. The van der Waals surface area contributed by atoms with E-state index in [0.29, 0.717) is 31.8 Å². The fraction of sp³-hybridized carbons (Fsp3) is 1.00. The first-order valence-electron chi connectivity index (χ1n) is 10.3. The molecule has 0 saturated heterocycles. The van der Waals surface area contributed by atoms with Crippen LogP contribution in [0.1, 0.15) is 88.0 Å². The zero-order chi connectivity index (χ0) is 22.2. The van der Waals surface area contributed by atoms with Crippen LogP contribution in [-0.2, 0) is 20.0 Å². The van der Waals surface area contributed by atoms with Crippen LogP contribution in [0.4, 0.5) is 0 Å². The number of nitrogens with zero attached hydrogens (tertiary/aromatic N) is 1. The molecule has 0 aliphatic heterocycles. The second-order valence-electron chi connectivity index (χ2n) is 11.1. The van der Waals surface area contributed by atoms with Gasteiger partial charge in [0.05, 0.1) is 10.00 Å². The molecule has 0 heterocycles. The van der Waals surface area contributed by atoms with Gasteiger partial charge in [-0.2, -0.15) is 4.31 Å². The van der Waals surface area contributed by atoms with Crippen molar-refractivity contribution in [2.24, 2.45) is 11.3 Å². The average molecular weight is 439 g/mol. The third-order valence-electron chi connectivity index (χ3n) is 5.46. The van der Waals surface area contributed by atoms with Gasteiger partial charge in [-0.15, -0.1) is 0 Å². The first-order chi connectivity index (χ1) is 12.3. The van der Waals surface area contributed by atoms with Crippen molar-refractivity contribution in [2.75, 3.05) is 13.1 Å². The number of nitrogens with one attached hydrogen (secondary N) is 1. The van der Waals surface area contributed by atoms with Crippen molar-refractivity contribution in [1.29, 1.82) is 0 Å². The molecule has 1 fully saturated rings. The Morgan fingerprint density at radius 2 is 1.46 bits per heavy atom. The van der Waals surface area contributed by atoms with E-state index in [1.54, 1.807) is 32.0 Å². The second-order valence-corrected chi connectivity index (χ2v) is 15.9. The number of hydrogen-bond donors (Lipinski definition) is 1. The van der Waals surface area contributed by atoms with Crippen molar-refractivity contribution in [3.8, 4) is 0 Å². The van der Waals surface area contributed by atoms with Crippen LogP contribution in [0.15, 0.2) is 0 Å². The van der Waals surface area contributed by atoms with Gasteiger partial charge in [0.2, 0.25) is 20.0 Å². The van der Waals surface area contributed by atoms with Gasteiger partial charge in [0.15, 0.2) is 0 Å². The molecule has 0 spiro atoms. The van der Waals surface area contributed by atoms with E-state index in [9.17, 15) is 16.8 Å². The van der Waals surface area contributed by atoms with Gasteiger partial charge in [0, 0.05) is 18.6 Å². The molecule has 0 radical (unpaired) electrons. The van der Waals surface area contributed by atoms with Gasteiger partial charge >= 0.3 is 0 Å². The first-order valence-corrected chi connectivity index (χ1v) is 13.3. The molecule has 1 saturated carbocycles. The largest absolute Gasteiger partial charge is 0.217 e. The van der Waals surface area contributed by atoms with Crippen molar-refractivity contribution in [3.05, 3.63) is 0 Å². The highest BCUT2D eigenvalue weighted by molar-refractivity contribution is 7.90. The summed E-state index contributed by atoms with van der Waals surface area (Å²) in [7, 11) is -6.82. The molecule has 8 heteroatoms. The van der Waals surface area contributed by atoms with Crippen LogP contribution in [0.25, 0.3) is 0 Å². The van der Waals surface area contributed by atoms with E-state index in [-0.39, 0.29) is 5.41 Å². The van der Waals surface area contributed by atoms with Gasteiger partial charge in [-0.25, -0.2) is 21.6 Å². The van der Waals surface area contributed by atoms with Crippen LogP contribution in [-0.4, -0.2) is 49.8 Å². The molecule has 1 atom stereocenters. The van der Waals surface area contributed by atoms with E-state index >= 15 is 0 Å². The van der Waals surface area contributed by atoms with E-state index in [0.717, 1.165) is 12.8 Å². The first kappa shape index (κ1) is 25.9. The van der Waals surface area contributed by atoms with Gasteiger partial charge in [-0.05, 0) is 85.5 Å². The molecule has 0 aromatic rings. The van der Waals surface area contributed by atoms with Crippen molar-refractivity contribution in [3.63, 3.8) is 0 Å². The second kappa shape index (κ2) is 8.52. The third-order valence-corrected chi connectivity index (χ3v) is 10.2. The lowest BCUT2D eigenvalue weighted by Crippen LogP contribution is -2.50. The van der Waals surface area contributed by atoms with Gasteiger partial charge < -0.3 is 0 Å². The molecule has 28 heavy (non-hydrogen) atoms. The summed E-state index contributed by atoms with van der Waals surface area (Å²) in [5.41, 5.74) is -0.765. The topological polar surface area (TPSA) is 83.5 Å². The number of sulfonamides is 2. The maximum atomic E-state index is 13.2. The van der Waals surface area contributed by atoms with E-state index < -0.39 is 35.6 Å². The predicted octanol–water partition coefficient (Wildman–Crippen LogP) is 3.74. The fourth-order valence-electron chi connectivity index (χ4n) is 2.85. The molecule has 0 aromatic heterocycles. The fourth-order valence-corrected chi connectivity index (χ4v) is 5.90. The highest BCUT2D eigenvalue weighted by Crippen LogP contribution is 2.35. The van der Waals surface area contributed by atoms with Crippen LogP contribution in [0.3, 0.4) is 0 Å². The summed E-state index contributed by atoms with van der Waals surface area (Å²) in [6, 6.07) is 0. The lowest BCUT2D eigenvalue weighted by Gasteiger charge is -2.37. The van der Waals surface area contributed by atoms with E-state index in [1.165, 1.54) is 0 Å². The molecular formula is C20H42N2O4S2. The highest BCUT2D eigenvalue weighted by Gasteiger charge is 2.40. The monoisotopic (exact) mass is 438 g/mol. The molecule has 0 amide bonds. The highest BCUT2D eigenvalue weighted by atomic mass is 32.2. The van der Waals surface area contributed by atoms with E-state index in [1.807, 2.05) is 34.6 Å². The quantitative estimate of drug-likeness (QED) is 0.563. The minimum Gasteiger partial charge on any atom is -0.214 e. The smallest absolute Gasteiger partial charge is 0.214 e. The Bertz CT molecular complexity index is 725. The summed E-state index contributed by atoms with van der Waals surface area (Å²) >= 11 is 0. The Labute approximate surface area is 173 Å². The minimum atomic E-state index is -3.41. The van der Waals surface area contributed by atoms with E-state index in [4.69, 9.17) is 0 Å². The molecule has 0 bridgehead atoms.